The van der Waals surface area contributed by atoms with Crippen molar-refractivity contribution >= 4 is 43.6 Å². The molecule has 2 nitrogen and oxygen atoms in total. The van der Waals surface area contributed by atoms with Crippen molar-refractivity contribution in [2.45, 2.75) is 38.5 Å². The predicted octanol–water partition coefficient (Wildman–Crippen LogP) is 25.8. The SMILES string of the molecule is CC1(C)c2ccccc2-c2cc(-c3ccc4c(c3)c3ccccc3n4-c3ccc(-c4ccc(-c5ccccc5)cc4)cc3)ccc21.CC1(C)c2ccccc2-c2cc(-c3ccc4c(c3)c3ccccc3n4-c3cccc(-c4cccc(-c5cccc(-c6ccccc6)c5)c4)c3)ccc21. The van der Waals surface area contributed by atoms with Crippen LogP contribution in [0, 0.1) is 0 Å². The van der Waals surface area contributed by atoms with Gasteiger partial charge in [0, 0.05) is 43.7 Å². The number of para-hydroxylation sites is 2. The van der Waals surface area contributed by atoms with Crippen LogP contribution in [0.2, 0.25) is 0 Å². The molecule has 2 aliphatic carbocycles. The van der Waals surface area contributed by atoms with Crippen LogP contribution in [0.4, 0.5) is 0 Å². The molecule has 2 heteroatoms. The summed E-state index contributed by atoms with van der Waals surface area (Å²) in [5.74, 6) is 0. The molecule has 2 heterocycles. The van der Waals surface area contributed by atoms with E-state index in [-0.39, 0.29) is 10.8 Å². The monoisotopic (exact) mass is 1250 g/mol. The summed E-state index contributed by atoms with van der Waals surface area (Å²) in [4.78, 5) is 0. The maximum atomic E-state index is 2.42. The first-order valence-corrected chi connectivity index (χ1v) is 34.3. The Morgan fingerprint density at radius 2 is 0.469 bits per heavy atom. The van der Waals surface area contributed by atoms with Crippen LogP contribution in [-0.2, 0) is 10.8 Å². The smallest absolute Gasteiger partial charge is 0.0541 e. The maximum absolute atomic E-state index is 2.42. The van der Waals surface area contributed by atoms with Gasteiger partial charge in [-0.05, 0) is 207 Å². The molecule has 0 spiro atoms. The molecule has 0 saturated carbocycles. The first kappa shape index (κ1) is 58.5. The molecular weight excluding hydrogens is 1180 g/mol. The second-order valence-electron chi connectivity index (χ2n) is 27.6. The molecule has 0 saturated heterocycles. The molecule has 0 amide bonds. The summed E-state index contributed by atoms with van der Waals surface area (Å²) < 4.78 is 4.82. The summed E-state index contributed by atoms with van der Waals surface area (Å²) in [6.07, 6.45) is 0. The first-order valence-electron chi connectivity index (χ1n) is 34.3. The van der Waals surface area contributed by atoms with E-state index in [0.717, 1.165) is 5.69 Å². The van der Waals surface area contributed by atoms with Crippen LogP contribution in [0.1, 0.15) is 49.9 Å². The summed E-state index contributed by atoms with van der Waals surface area (Å²) in [6.45, 7) is 9.36. The van der Waals surface area contributed by atoms with Gasteiger partial charge >= 0.3 is 0 Å². The molecule has 0 radical (unpaired) electrons. The second kappa shape index (κ2) is 23.4. The van der Waals surface area contributed by atoms with Crippen molar-refractivity contribution in [2.24, 2.45) is 0 Å². The predicted molar refractivity (Wildman–Crippen MR) is 415 cm³/mol. The molecule has 0 aliphatic heterocycles. The Balaban J connectivity index is 0.000000143. The Morgan fingerprint density at radius 3 is 0.949 bits per heavy atom. The Morgan fingerprint density at radius 1 is 0.173 bits per heavy atom. The minimum atomic E-state index is 0.00509. The number of hydrogen-bond acceptors (Lipinski definition) is 0. The van der Waals surface area contributed by atoms with Gasteiger partial charge in [0.2, 0.25) is 0 Å². The van der Waals surface area contributed by atoms with Crippen LogP contribution in [0.15, 0.2) is 352 Å². The van der Waals surface area contributed by atoms with Gasteiger partial charge in [-0.3, -0.25) is 0 Å². The average Bonchev–Trinajstić information content (AvgIpc) is 1.59. The zero-order valence-corrected chi connectivity index (χ0v) is 55.4. The van der Waals surface area contributed by atoms with Crippen LogP contribution >= 0.6 is 0 Å². The van der Waals surface area contributed by atoms with Crippen molar-refractivity contribution in [3.8, 4) is 112 Å². The molecule has 0 atom stereocenters. The number of hydrogen-bond donors (Lipinski definition) is 0. The second-order valence-corrected chi connectivity index (χ2v) is 27.6. The number of rotatable bonds is 9. The van der Waals surface area contributed by atoms with Gasteiger partial charge < -0.3 is 9.13 Å². The number of nitrogens with zero attached hydrogens (tertiary/aromatic N) is 2. The van der Waals surface area contributed by atoms with E-state index in [1.54, 1.807) is 0 Å². The Labute approximate surface area is 573 Å². The van der Waals surface area contributed by atoms with Crippen molar-refractivity contribution in [1.82, 2.24) is 9.13 Å². The summed E-state index contributed by atoms with van der Waals surface area (Å²) in [7, 11) is 0. The van der Waals surface area contributed by atoms with Crippen molar-refractivity contribution in [3.63, 3.8) is 0 Å². The lowest BCUT2D eigenvalue weighted by Crippen LogP contribution is -2.14. The molecule has 464 valence electrons. The van der Waals surface area contributed by atoms with Gasteiger partial charge in [0.1, 0.15) is 0 Å². The van der Waals surface area contributed by atoms with Crippen molar-refractivity contribution in [1.29, 1.82) is 0 Å². The quantitative estimate of drug-likeness (QED) is 0.136. The fourth-order valence-corrected chi connectivity index (χ4v) is 16.2. The number of aromatic nitrogens is 2. The number of fused-ring (bicyclic) bond motifs is 12. The van der Waals surface area contributed by atoms with E-state index in [9.17, 15) is 0 Å². The zero-order chi connectivity index (χ0) is 65.6. The molecule has 15 aromatic carbocycles. The Bertz CT molecular complexity index is 5960. The van der Waals surface area contributed by atoms with Crippen LogP contribution in [-0.4, -0.2) is 9.13 Å². The molecule has 98 heavy (non-hydrogen) atoms. The topological polar surface area (TPSA) is 9.86 Å². The van der Waals surface area contributed by atoms with E-state index in [2.05, 4.69) is 389 Å². The normalized spacial score (nSPS) is 13.1. The minimum absolute atomic E-state index is 0.00509. The van der Waals surface area contributed by atoms with Gasteiger partial charge in [0.15, 0.2) is 0 Å². The molecule has 0 fully saturated rings. The van der Waals surface area contributed by atoms with Gasteiger partial charge in [-0.2, -0.15) is 0 Å². The molecular formula is C96H70N2. The summed E-state index contributed by atoms with van der Waals surface area (Å²) >= 11 is 0. The van der Waals surface area contributed by atoms with Gasteiger partial charge in [-0.25, -0.2) is 0 Å². The van der Waals surface area contributed by atoms with Crippen molar-refractivity contribution in [2.75, 3.05) is 0 Å². The van der Waals surface area contributed by atoms with Crippen LogP contribution in [0.3, 0.4) is 0 Å². The molecule has 19 rings (SSSR count). The van der Waals surface area contributed by atoms with E-state index in [1.807, 2.05) is 0 Å². The fourth-order valence-electron chi connectivity index (χ4n) is 16.2. The number of benzene rings is 15. The van der Waals surface area contributed by atoms with Crippen LogP contribution < -0.4 is 0 Å². The maximum Gasteiger partial charge on any atom is 0.0541 e. The summed E-state index contributed by atoms with van der Waals surface area (Å²) in [5, 5.41) is 5.07. The van der Waals surface area contributed by atoms with E-state index < -0.39 is 0 Å². The standard InChI is InChI=1S/C51H37N.C45H33N/c1-51(2)47-23-8-6-21-43(47)45-32-40(25-27-48(45)51)41-26-28-50-46(33-41)44-22-7-9-24-49(44)52(50)42-20-12-19-39(31-42)38-18-11-17-37(30-38)36-16-10-15-35(29-36)34-13-4-3-5-14-34;1-45(2)41-14-8-6-12-37(41)39-28-34(22-26-42(39)45)35-23-27-44-40(29-35)38-13-7-9-15-43(38)46(44)36-24-20-33(21-25-36)32-18-16-31(17-19-32)30-10-4-3-5-11-30/h3-33H,1-2H3;3-29H,1-2H3. The lowest BCUT2D eigenvalue weighted by atomic mass is 9.82. The molecule has 0 unspecified atom stereocenters. The lowest BCUT2D eigenvalue weighted by Gasteiger charge is -2.21. The minimum Gasteiger partial charge on any atom is -0.309 e. The Kier molecular flexibility index (Phi) is 13.9. The van der Waals surface area contributed by atoms with E-state index in [1.165, 1.54) is 172 Å². The van der Waals surface area contributed by atoms with Gasteiger partial charge in [-0.1, -0.05) is 295 Å². The van der Waals surface area contributed by atoms with Gasteiger partial charge in [-0.15, -0.1) is 0 Å². The van der Waals surface area contributed by atoms with Crippen LogP contribution in [0.5, 0.6) is 0 Å². The third-order valence-electron chi connectivity index (χ3n) is 21.2. The van der Waals surface area contributed by atoms with Crippen molar-refractivity contribution < 1.29 is 0 Å². The van der Waals surface area contributed by atoms with E-state index >= 15 is 0 Å². The van der Waals surface area contributed by atoms with E-state index in [4.69, 9.17) is 0 Å². The highest BCUT2D eigenvalue weighted by molar-refractivity contribution is 6.12. The summed E-state index contributed by atoms with van der Waals surface area (Å²) in [6, 6.07) is 129. The first-order chi connectivity index (χ1) is 48.1. The lowest BCUT2D eigenvalue weighted by molar-refractivity contribution is 0.660. The highest BCUT2D eigenvalue weighted by atomic mass is 15.0. The van der Waals surface area contributed by atoms with Crippen molar-refractivity contribution in [3.05, 3.63) is 374 Å². The third kappa shape index (κ3) is 9.85. The average molecular weight is 1250 g/mol. The molecule has 2 aliphatic rings. The fraction of sp³-hybridized carbons (Fsp3) is 0.0625. The molecule has 17 aromatic rings. The summed E-state index contributed by atoms with van der Waals surface area (Å²) in [5.41, 5.74) is 35.5. The largest absolute Gasteiger partial charge is 0.309 e. The molecule has 0 N–H and O–H groups in total. The zero-order valence-electron chi connectivity index (χ0n) is 55.4. The van der Waals surface area contributed by atoms with E-state index in [0.29, 0.717) is 0 Å². The highest BCUT2D eigenvalue weighted by Gasteiger charge is 2.36. The van der Waals surface area contributed by atoms with Gasteiger partial charge in [0.25, 0.3) is 0 Å². The van der Waals surface area contributed by atoms with Crippen LogP contribution in [0.25, 0.3) is 155 Å². The highest BCUT2D eigenvalue weighted by Crippen LogP contribution is 2.52. The molecule has 2 aromatic heterocycles. The van der Waals surface area contributed by atoms with Gasteiger partial charge in [0.05, 0.1) is 22.1 Å². The third-order valence-corrected chi connectivity index (χ3v) is 21.2. The Hall–Kier alpha value is -12.1. The molecule has 0 bridgehead atoms.